The third-order valence-electron chi connectivity index (χ3n) is 2.08. The summed E-state index contributed by atoms with van der Waals surface area (Å²) in [6, 6.07) is 5.12. The van der Waals surface area contributed by atoms with Crippen LogP contribution in [0.2, 0.25) is 0 Å². The highest BCUT2D eigenvalue weighted by Gasteiger charge is 2.10. The molecule has 0 fully saturated rings. The second-order valence-corrected chi connectivity index (χ2v) is 7.82. The van der Waals surface area contributed by atoms with Gasteiger partial charge in [-0.15, -0.1) is 4.51 Å². The molecule has 0 saturated carbocycles. The Labute approximate surface area is 106 Å². The largest absolute Gasteiger partial charge is 0.413 e. The van der Waals surface area contributed by atoms with Crippen LogP contribution in [0.1, 0.15) is 0 Å². The van der Waals surface area contributed by atoms with E-state index in [1.54, 1.807) is 18.2 Å². The molecule has 0 radical (unpaired) electrons. The highest BCUT2D eigenvalue weighted by molar-refractivity contribution is 7.58. The first kappa shape index (κ1) is 13.2. The summed E-state index contributed by atoms with van der Waals surface area (Å²) in [5.74, 6) is 11.8. The molecule has 0 spiro atoms. The zero-order valence-corrected chi connectivity index (χ0v) is 11.9. The van der Waals surface area contributed by atoms with Gasteiger partial charge in [-0.2, -0.15) is 4.20 Å². The third-order valence-corrected chi connectivity index (χ3v) is 6.55. The number of benzene rings is 1. The van der Waals surface area contributed by atoms with E-state index in [1.807, 2.05) is 0 Å². The van der Waals surface area contributed by atoms with E-state index in [4.69, 9.17) is 33.2 Å². The van der Waals surface area contributed by atoms with Crippen LogP contribution in [-0.2, 0) is 0 Å². The van der Waals surface area contributed by atoms with Crippen molar-refractivity contribution < 1.29 is 4.52 Å². The lowest BCUT2D eigenvalue weighted by Gasteiger charge is -2.14. The maximum Gasteiger partial charge on any atom is 0.282 e. The van der Waals surface area contributed by atoms with Crippen molar-refractivity contribution in [3.63, 3.8) is 0 Å². The van der Waals surface area contributed by atoms with Gasteiger partial charge in [0.05, 0.1) is 11.4 Å². The van der Waals surface area contributed by atoms with Gasteiger partial charge in [0.25, 0.3) is 8.08 Å². The minimum atomic E-state index is -1.43. The van der Waals surface area contributed by atoms with Crippen LogP contribution in [0.15, 0.2) is 18.2 Å². The standard InChI is InChI=1S/C6H13N8OP3/c7-4-2-1-3-5(6(4)8)15-18-12-16-13(9)17(11)14(18)10/h1-3H,7-11H2. The summed E-state index contributed by atoms with van der Waals surface area (Å²) < 4.78 is 12.4. The normalized spacial score (nSPS) is 12.8. The molecule has 0 bridgehead atoms. The highest BCUT2D eigenvalue weighted by Crippen LogP contribution is 2.37. The molecule has 1 aromatic heterocycles. The predicted octanol–water partition coefficient (Wildman–Crippen LogP) is 0.510. The van der Waals surface area contributed by atoms with Crippen molar-refractivity contribution in [1.82, 2.24) is 12.9 Å². The molecule has 2 unspecified atom stereocenters. The molecule has 0 amide bonds. The Morgan fingerprint density at radius 3 is 2.72 bits per heavy atom. The maximum atomic E-state index is 5.81. The molecule has 0 aliphatic rings. The Morgan fingerprint density at radius 2 is 2.00 bits per heavy atom. The van der Waals surface area contributed by atoms with Gasteiger partial charge in [0.2, 0.25) is 0 Å². The van der Waals surface area contributed by atoms with Crippen LogP contribution in [0.25, 0.3) is 0 Å². The first-order valence-corrected chi connectivity index (χ1v) is 7.96. The van der Waals surface area contributed by atoms with E-state index in [2.05, 4.69) is 4.51 Å². The van der Waals surface area contributed by atoms with Crippen molar-refractivity contribution in [3.05, 3.63) is 18.2 Å². The van der Waals surface area contributed by atoms with Gasteiger partial charge < -0.3 is 16.0 Å². The molecule has 12 heteroatoms. The zero-order valence-electron chi connectivity index (χ0n) is 9.21. The van der Waals surface area contributed by atoms with Gasteiger partial charge in [-0.1, -0.05) is 6.07 Å². The van der Waals surface area contributed by atoms with E-state index in [0.717, 1.165) is 0 Å². The van der Waals surface area contributed by atoms with Crippen LogP contribution in [0.3, 0.4) is 0 Å². The van der Waals surface area contributed by atoms with Crippen molar-refractivity contribution in [2.24, 2.45) is 0 Å². The molecular formula is C6H13N8OP3. The zero-order chi connectivity index (χ0) is 13.3. The average molecular weight is 306 g/mol. The Balaban J connectivity index is 2.41. The molecule has 2 aromatic rings. The molecular weight excluding hydrogens is 293 g/mol. The van der Waals surface area contributed by atoms with Crippen LogP contribution < -0.4 is 33.2 Å². The lowest BCUT2D eigenvalue weighted by molar-refractivity contribution is 0.621. The first-order valence-electron chi connectivity index (χ1n) is 4.68. The fourth-order valence-corrected chi connectivity index (χ4v) is 5.22. The topological polar surface area (TPSA) is 162 Å². The van der Waals surface area contributed by atoms with Gasteiger partial charge in [-0.25, -0.2) is 15.9 Å². The molecule has 1 heterocycles. The summed E-state index contributed by atoms with van der Waals surface area (Å²) >= 11 is 0. The van der Waals surface area contributed by atoms with E-state index >= 15 is 0 Å². The van der Waals surface area contributed by atoms with Crippen LogP contribution in [-0.4, -0.2) is 12.9 Å². The smallest absolute Gasteiger partial charge is 0.282 e. The number of hydrogen-bond acceptors (Lipinski definition) is 7. The van der Waals surface area contributed by atoms with Crippen molar-refractivity contribution in [2.45, 2.75) is 0 Å². The molecule has 0 aliphatic heterocycles. The van der Waals surface area contributed by atoms with Gasteiger partial charge in [-0.3, -0.25) is 5.50 Å². The summed E-state index contributed by atoms with van der Waals surface area (Å²) in [7, 11) is -2.23. The highest BCUT2D eigenvalue weighted by atomic mass is 31.2. The number of anilines is 2. The Morgan fingerprint density at radius 1 is 1.28 bits per heavy atom. The molecule has 18 heavy (non-hydrogen) atoms. The lowest BCUT2D eigenvalue weighted by Crippen LogP contribution is -2.18. The maximum absolute atomic E-state index is 5.81. The van der Waals surface area contributed by atoms with Gasteiger partial charge in [0, 0.05) is 0 Å². The number of para-hydroxylation sites is 1. The van der Waals surface area contributed by atoms with Crippen LogP contribution in [0.5, 0.6) is 5.75 Å². The monoisotopic (exact) mass is 306 g/mol. The fraction of sp³-hybridized carbons (Fsp3) is 0. The minimum Gasteiger partial charge on any atom is -0.413 e. The molecule has 0 saturated heterocycles. The predicted molar refractivity (Wildman–Crippen MR) is 77.5 cm³/mol. The summed E-state index contributed by atoms with van der Waals surface area (Å²) in [5, 5.41) is 0. The number of rotatable bonds is 2. The lowest BCUT2D eigenvalue weighted by atomic mass is 10.2. The Bertz CT molecular complexity index is 608. The molecule has 10 N–H and O–H groups in total. The number of nitrogen functional groups attached to an aromatic ring is 5. The summed E-state index contributed by atoms with van der Waals surface area (Å²) in [6.07, 6.45) is 0. The van der Waals surface area contributed by atoms with Crippen molar-refractivity contribution in [2.75, 3.05) is 28.7 Å². The van der Waals surface area contributed by atoms with Gasteiger partial charge >= 0.3 is 0 Å². The van der Waals surface area contributed by atoms with Crippen LogP contribution in [0.4, 0.5) is 11.4 Å². The summed E-state index contributed by atoms with van der Waals surface area (Å²) in [4.78, 5) is 0. The van der Waals surface area contributed by atoms with Crippen molar-refractivity contribution in [1.29, 1.82) is 0 Å². The molecule has 98 valence electrons. The van der Waals surface area contributed by atoms with E-state index in [-0.39, 0.29) is 0 Å². The van der Waals surface area contributed by atoms with Crippen molar-refractivity contribution >= 4 is 36.0 Å². The van der Waals surface area contributed by atoms with Crippen LogP contribution >= 0.6 is 24.6 Å². The second kappa shape index (κ2) is 5.20. The van der Waals surface area contributed by atoms with Crippen molar-refractivity contribution in [3.8, 4) is 5.75 Å². The SMILES string of the molecule is Nc1cccc(Op2npn(N)p(N)n2N)c1N. The number of aromatic nitrogens is 3. The van der Waals surface area contributed by atoms with E-state index < -0.39 is 16.1 Å². The average Bonchev–Trinajstić information content (AvgIpc) is 2.35. The molecule has 9 nitrogen and oxygen atoms in total. The molecule has 2 atom stereocenters. The molecule has 0 aliphatic carbocycles. The fourth-order valence-electron chi connectivity index (χ4n) is 1.12. The second-order valence-electron chi connectivity index (χ2n) is 3.24. The molecule has 2 rings (SSSR count). The van der Waals surface area contributed by atoms with Gasteiger partial charge in [-0.05, 0) is 12.1 Å². The van der Waals surface area contributed by atoms with E-state index in [9.17, 15) is 0 Å². The quantitative estimate of drug-likeness (QED) is 0.398. The van der Waals surface area contributed by atoms with Gasteiger partial charge in [0.1, 0.15) is 8.00 Å². The number of nitrogens with zero attached hydrogens (tertiary/aromatic N) is 3. The van der Waals surface area contributed by atoms with E-state index in [1.165, 1.54) is 8.40 Å². The number of nitrogens with two attached hydrogens (primary N) is 5. The van der Waals surface area contributed by atoms with Crippen LogP contribution in [0, 0.1) is 0 Å². The molecule has 1 aromatic carbocycles. The first-order chi connectivity index (χ1) is 8.50. The Hall–Kier alpha value is -1.20. The van der Waals surface area contributed by atoms with Gasteiger partial charge in [0.15, 0.2) is 14.3 Å². The third kappa shape index (κ3) is 2.47. The summed E-state index contributed by atoms with van der Waals surface area (Å²) in [6.45, 7) is 0. The summed E-state index contributed by atoms with van der Waals surface area (Å²) in [5.41, 5.74) is 18.1. The Kier molecular flexibility index (Phi) is 3.82. The minimum absolute atomic E-state index is 0.358. The number of hydrogen-bond donors (Lipinski definition) is 5. The van der Waals surface area contributed by atoms with E-state index in [0.29, 0.717) is 25.6 Å².